The van der Waals surface area contributed by atoms with Gasteiger partial charge in [0.15, 0.2) is 0 Å². The number of likely N-dealkylation sites (tertiary alicyclic amines) is 1. The number of aromatic nitrogens is 1. The minimum absolute atomic E-state index is 0.0438. The molecule has 0 spiro atoms. The molecule has 0 saturated carbocycles. The van der Waals surface area contributed by atoms with Crippen LogP contribution in [-0.2, 0) is 4.79 Å². The van der Waals surface area contributed by atoms with Gasteiger partial charge in [0, 0.05) is 23.5 Å². The summed E-state index contributed by atoms with van der Waals surface area (Å²) in [6.45, 7) is 0.404. The monoisotopic (exact) mass is 345 g/mol. The van der Waals surface area contributed by atoms with Crippen LogP contribution in [-0.4, -0.2) is 64.5 Å². The zero-order valence-electron chi connectivity index (χ0n) is 13.5. The lowest BCUT2D eigenvalue weighted by atomic mass is 10.1. The van der Waals surface area contributed by atoms with Gasteiger partial charge in [-0.05, 0) is 20.5 Å². The average molecular weight is 345 g/mol. The molecule has 7 heteroatoms. The zero-order valence-corrected chi connectivity index (χ0v) is 14.4. The molecule has 1 aliphatic heterocycles. The zero-order chi connectivity index (χ0) is 17.3. The summed E-state index contributed by atoms with van der Waals surface area (Å²) in [4.78, 5) is 32.1. The van der Waals surface area contributed by atoms with E-state index in [-0.39, 0.29) is 11.9 Å². The number of benzene rings is 1. The fourth-order valence-electron chi connectivity index (χ4n) is 2.88. The fourth-order valence-corrected chi connectivity index (χ4v) is 3.68. The van der Waals surface area contributed by atoms with Gasteiger partial charge in [0.1, 0.15) is 16.7 Å². The second-order valence-electron chi connectivity index (χ2n) is 6.07. The van der Waals surface area contributed by atoms with Crippen molar-refractivity contribution in [1.82, 2.24) is 14.8 Å². The number of carboxylic acids is 1. The first kappa shape index (κ1) is 16.6. The summed E-state index contributed by atoms with van der Waals surface area (Å²) in [7, 11) is 3.79. The van der Waals surface area contributed by atoms with Crippen molar-refractivity contribution in [2.24, 2.45) is 0 Å². The van der Waals surface area contributed by atoms with E-state index < -0.39 is 12.0 Å². The van der Waals surface area contributed by atoms with Gasteiger partial charge in [0.2, 0.25) is 0 Å². The standard InChI is InChI=1S/C17H19N3O3S/c1-19(2)12-8-14(17(22)23)20(9-12)16(21)13-10-24-15(18-13)11-6-4-3-5-7-11/h3-7,10,12,14H,8-9H2,1-2H3,(H,22,23)/t12-,14+/m1/s1. The van der Waals surface area contributed by atoms with Gasteiger partial charge >= 0.3 is 5.97 Å². The van der Waals surface area contributed by atoms with Gasteiger partial charge in [-0.25, -0.2) is 9.78 Å². The van der Waals surface area contributed by atoms with E-state index in [2.05, 4.69) is 4.98 Å². The first-order valence-corrected chi connectivity index (χ1v) is 8.56. The quantitative estimate of drug-likeness (QED) is 0.918. The maximum atomic E-state index is 12.8. The van der Waals surface area contributed by atoms with Crippen LogP contribution in [0.25, 0.3) is 10.6 Å². The van der Waals surface area contributed by atoms with Crippen molar-refractivity contribution in [3.63, 3.8) is 0 Å². The Morgan fingerprint density at radius 2 is 2.00 bits per heavy atom. The summed E-state index contributed by atoms with van der Waals surface area (Å²) in [6, 6.07) is 8.87. The number of carboxylic acid groups (broad SMARTS) is 1. The first-order chi connectivity index (χ1) is 11.5. The number of thiazole rings is 1. The summed E-state index contributed by atoms with van der Waals surface area (Å²) in [5.74, 6) is -1.28. The highest BCUT2D eigenvalue weighted by atomic mass is 32.1. The fraction of sp³-hybridized carbons (Fsp3) is 0.353. The number of aliphatic carboxylic acids is 1. The van der Waals surface area contributed by atoms with Gasteiger partial charge in [0.05, 0.1) is 0 Å². The Morgan fingerprint density at radius 1 is 1.29 bits per heavy atom. The third kappa shape index (κ3) is 3.18. The highest BCUT2D eigenvalue weighted by Gasteiger charge is 2.41. The summed E-state index contributed by atoms with van der Waals surface area (Å²) >= 11 is 1.39. The van der Waals surface area contributed by atoms with Crippen LogP contribution in [0.1, 0.15) is 16.9 Å². The highest BCUT2D eigenvalue weighted by molar-refractivity contribution is 7.13. The van der Waals surface area contributed by atoms with Gasteiger partial charge in [-0.15, -0.1) is 11.3 Å². The number of likely N-dealkylation sites (N-methyl/N-ethyl adjacent to an activating group) is 1. The topological polar surface area (TPSA) is 73.7 Å². The van der Waals surface area contributed by atoms with Crippen LogP contribution in [0.4, 0.5) is 0 Å². The Hall–Kier alpha value is -2.25. The number of hydrogen-bond acceptors (Lipinski definition) is 5. The molecule has 3 rings (SSSR count). The molecule has 2 heterocycles. The number of hydrogen-bond donors (Lipinski definition) is 1. The Balaban J connectivity index is 1.83. The second-order valence-corrected chi connectivity index (χ2v) is 6.93. The lowest BCUT2D eigenvalue weighted by Crippen LogP contribution is -2.41. The summed E-state index contributed by atoms with van der Waals surface area (Å²) in [5, 5.41) is 11.9. The Labute approximate surface area is 144 Å². The molecule has 24 heavy (non-hydrogen) atoms. The van der Waals surface area contributed by atoms with Gasteiger partial charge in [-0.2, -0.15) is 0 Å². The van der Waals surface area contributed by atoms with Gasteiger partial charge in [-0.3, -0.25) is 4.79 Å². The van der Waals surface area contributed by atoms with E-state index in [9.17, 15) is 14.7 Å². The minimum Gasteiger partial charge on any atom is -0.480 e. The maximum absolute atomic E-state index is 12.8. The Morgan fingerprint density at radius 3 is 2.62 bits per heavy atom. The molecule has 1 aromatic heterocycles. The molecule has 0 bridgehead atoms. The molecular weight excluding hydrogens is 326 g/mol. The SMILES string of the molecule is CN(C)[C@@H]1C[C@@H](C(=O)O)N(C(=O)c2csc(-c3ccccc3)n2)C1. The van der Waals surface area contributed by atoms with Crippen LogP contribution in [0.5, 0.6) is 0 Å². The summed E-state index contributed by atoms with van der Waals surface area (Å²) in [6.07, 6.45) is 0.434. The molecule has 1 aromatic carbocycles. The van der Waals surface area contributed by atoms with E-state index in [4.69, 9.17) is 0 Å². The number of amides is 1. The lowest BCUT2D eigenvalue weighted by Gasteiger charge is -2.21. The largest absolute Gasteiger partial charge is 0.480 e. The van der Waals surface area contributed by atoms with Crippen molar-refractivity contribution < 1.29 is 14.7 Å². The molecule has 0 unspecified atom stereocenters. The van der Waals surface area contributed by atoms with Gasteiger partial charge < -0.3 is 14.9 Å². The Kier molecular flexibility index (Phi) is 4.64. The molecular formula is C17H19N3O3S. The van der Waals surface area contributed by atoms with E-state index in [1.807, 2.05) is 49.3 Å². The molecule has 0 radical (unpaired) electrons. The Bertz CT molecular complexity index is 745. The van der Waals surface area contributed by atoms with Crippen LogP contribution in [0, 0.1) is 0 Å². The average Bonchev–Trinajstić information content (AvgIpc) is 3.22. The van der Waals surface area contributed by atoms with E-state index in [0.29, 0.717) is 18.7 Å². The van der Waals surface area contributed by atoms with Crippen LogP contribution in [0.2, 0.25) is 0 Å². The molecule has 1 fully saturated rings. The van der Waals surface area contributed by atoms with Crippen LogP contribution in [0.3, 0.4) is 0 Å². The van der Waals surface area contributed by atoms with Crippen molar-refractivity contribution in [3.05, 3.63) is 41.4 Å². The minimum atomic E-state index is -0.966. The van der Waals surface area contributed by atoms with Crippen molar-refractivity contribution in [3.8, 4) is 10.6 Å². The molecule has 1 saturated heterocycles. The molecule has 1 aliphatic rings. The van der Waals surface area contributed by atoms with Crippen molar-refractivity contribution >= 4 is 23.2 Å². The molecule has 0 aliphatic carbocycles. The normalized spacial score (nSPS) is 20.5. The van der Waals surface area contributed by atoms with Gasteiger partial charge in [-0.1, -0.05) is 30.3 Å². The van der Waals surface area contributed by atoms with E-state index >= 15 is 0 Å². The number of rotatable bonds is 4. The van der Waals surface area contributed by atoms with E-state index in [0.717, 1.165) is 10.6 Å². The molecule has 1 amide bonds. The van der Waals surface area contributed by atoms with Crippen molar-refractivity contribution in [2.45, 2.75) is 18.5 Å². The predicted molar refractivity (Wildman–Crippen MR) is 92.1 cm³/mol. The molecule has 6 nitrogen and oxygen atoms in total. The van der Waals surface area contributed by atoms with Crippen molar-refractivity contribution in [2.75, 3.05) is 20.6 Å². The second kappa shape index (κ2) is 6.70. The molecule has 2 aromatic rings. The predicted octanol–water partition coefficient (Wildman–Crippen LogP) is 2.04. The van der Waals surface area contributed by atoms with Crippen LogP contribution >= 0.6 is 11.3 Å². The first-order valence-electron chi connectivity index (χ1n) is 7.68. The van der Waals surface area contributed by atoms with Crippen LogP contribution < -0.4 is 0 Å². The van der Waals surface area contributed by atoms with E-state index in [1.54, 1.807) is 5.38 Å². The van der Waals surface area contributed by atoms with Gasteiger partial charge in [0.25, 0.3) is 5.91 Å². The summed E-state index contributed by atoms with van der Waals surface area (Å²) < 4.78 is 0. The molecule has 1 N–H and O–H groups in total. The van der Waals surface area contributed by atoms with E-state index in [1.165, 1.54) is 16.2 Å². The third-order valence-corrected chi connectivity index (χ3v) is 5.19. The van der Waals surface area contributed by atoms with Crippen LogP contribution in [0.15, 0.2) is 35.7 Å². The molecule has 126 valence electrons. The lowest BCUT2D eigenvalue weighted by molar-refractivity contribution is -0.141. The number of carbonyl (C=O) groups excluding carboxylic acids is 1. The number of carbonyl (C=O) groups is 2. The number of nitrogens with zero attached hydrogens (tertiary/aromatic N) is 3. The molecule has 2 atom stereocenters. The van der Waals surface area contributed by atoms with Crippen molar-refractivity contribution in [1.29, 1.82) is 0 Å². The summed E-state index contributed by atoms with van der Waals surface area (Å²) in [5.41, 5.74) is 1.26. The maximum Gasteiger partial charge on any atom is 0.326 e. The highest BCUT2D eigenvalue weighted by Crippen LogP contribution is 2.27. The third-order valence-electron chi connectivity index (χ3n) is 4.30. The smallest absolute Gasteiger partial charge is 0.326 e.